The number of aryl methyl sites for hydroxylation is 2. The Morgan fingerprint density at radius 3 is 3.00 bits per heavy atom. The smallest absolute Gasteiger partial charge is 0.272 e. The van der Waals surface area contributed by atoms with Crippen molar-refractivity contribution < 1.29 is 4.79 Å². The maximum absolute atomic E-state index is 12.1. The van der Waals surface area contributed by atoms with Crippen LogP contribution >= 0.6 is 0 Å². The number of carbonyl (C=O) groups excluding carboxylic acids is 1. The summed E-state index contributed by atoms with van der Waals surface area (Å²) < 4.78 is 1.58. The molecule has 2 heterocycles. The second-order valence-electron chi connectivity index (χ2n) is 4.21. The first-order chi connectivity index (χ1) is 9.13. The van der Waals surface area contributed by atoms with Crippen LogP contribution in [0.25, 0.3) is 0 Å². The largest absolute Gasteiger partial charge is 0.396 e. The molecular weight excluding hydrogens is 242 g/mol. The Morgan fingerprint density at radius 1 is 1.53 bits per heavy atom. The van der Waals surface area contributed by atoms with Gasteiger partial charge in [0.25, 0.3) is 5.91 Å². The first kappa shape index (κ1) is 13.1. The molecule has 6 nitrogen and oxygen atoms in total. The molecule has 0 spiro atoms. The minimum absolute atomic E-state index is 0.234. The van der Waals surface area contributed by atoms with Gasteiger partial charge in [-0.2, -0.15) is 5.10 Å². The summed E-state index contributed by atoms with van der Waals surface area (Å²) in [5.41, 5.74) is 8.43. The molecule has 0 fully saturated rings. The first-order valence-corrected chi connectivity index (χ1v) is 6.13. The summed E-state index contributed by atoms with van der Waals surface area (Å²) in [6.07, 6.45) is 3.20. The van der Waals surface area contributed by atoms with E-state index in [1.165, 1.54) is 6.20 Å². The molecule has 0 bridgehead atoms. The molecule has 1 amide bonds. The van der Waals surface area contributed by atoms with Crippen molar-refractivity contribution in [3.63, 3.8) is 0 Å². The van der Waals surface area contributed by atoms with Crippen LogP contribution in [0.2, 0.25) is 0 Å². The molecular formula is C13H17N5O. The highest BCUT2D eigenvalue weighted by Crippen LogP contribution is 2.11. The second kappa shape index (κ2) is 5.51. The minimum atomic E-state index is -0.234. The molecule has 19 heavy (non-hydrogen) atoms. The van der Waals surface area contributed by atoms with Gasteiger partial charge in [-0.05, 0) is 25.5 Å². The molecule has 0 radical (unpaired) electrons. The lowest BCUT2D eigenvalue weighted by molar-refractivity contribution is 0.0940. The number of nitrogens with one attached hydrogen (secondary N) is 1. The van der Waals surface area contributed by atoms with Gasteiger partial charge in [0.05, 0.1) is 24.1 Å². The van der Waals surface area contributed by atoms with Crippen LogP contribution in [0.5, 0.6) is 0 Å². The number of hydrogen-bond acceptors (Lipinski definition) is 4. The fourth-order valence-electron chi connectivity index (χ4n) is 1.84. The number of aromatic nitrogens is 3. The number of nitrogens with zero attached hydrogens (tertiary/aromatic N) is 3. The summed E-state index contributed by atoms with van der Waals surface area (Å²) in [6.45, 7) is 4.84. The predicted molar refractivity (Wildman–Crippen MR) is 72.5 cm³/mol. The minimum Gasteiger partial charge on any atom is -0.396 e. The molecule has 3 N–H and O–H groups in total. The quantitative estimate of drug-likeness (QED) is 0.861. The van der Waals surface area contributed by atoms with E-state index in [2.05, 4.69) is 15.4 Å². The summed E-state index contributed by atoms with van der Waals surface area (Å²) in [7, 11) is 0. The van der Waals surface area contributed by atoms with E-state index in [0.717, 1.165) is 11.3 Å². The zero-order chi connectivity index (χ0) is 13.8. The Balaban J connectivity index is 2.10. The van der Waals surface area contributed by atoms with E-state index in [-0.39, 0.29) is 5.91 Å². The molecule has 0 aliphatic heterocycles. The summed E-state index contributed by atoms with van der Waals surface area (Å²) >= 11 is 0. The molecule has 0 unspecified atom stereocenters. The lowest BCUT2D eigenvalue weighted by atomic mass is 10.2. The number of carbonyl (C=O) groups is 1. The highest BCUT2D eigenvalue weighted by atomic mass is 16.2. The SMILES string of the molecule is CCn1ncc(N)c1C(=O)NCc1ncccc1C. The molecule has 0 atom stereocenters. The lowest BCUT2D eigenvalue weighted by Crippen LogP contribution is -2.27. The van der Waals surface area contributed by atoms with Gasteiger partial charge in [0.15, 0.2) is 0 Å². The van der Waals surface area contributed by atoms with Gasteiger partial charge in [-0.15, -0.1) is 0 Å². The van der Waals surface area contributed by atoms with Crippen molar-refractivity contribution in [3.05, 3.63) is 41.5 Å². The van der Waals surface area contributed by atoms with Crippen molar-refractivity contribution in [1.82, 2.24) is 20.1 Å². The molecule has 2 aromatic rings. The van der Waals surface area contributed by atoms with E-state index in [1.807, 2.05) is 26.0 Å². The highest BCUT2D eigenvalue weighted by molar-refractivity contribution is 5.97. The maximum Gasteiger partial charge on any atom is 0.272 e. The van der Waals surface area contributed by atoms with Gasteiger partial charge >= 0.3 is 0 Å². The van der Waals surface area contributed by atoms with Gasteiger partial charge in [0.2, 0.25) is 0 Å². The molecule has 100 valence electrons. The van der Waals surface area contributed by atoms with Crippen LogP contribution in [0, 0.1) is 6.92 Å². The number of pyridine rings is 1. The number of nitrogens with two attached hydrogens (primary N) is 1. The summed E-state index contributed by atoms with van der Waals surface area (Å²) in [5.74, 6) is -0.234. The van der Waals surface area contributed by atoms with E-state index < -0.39 is 0 Å². The Kier molecular flexibility index (Phi) is 3.79. The Bertz CT molecular complexity index is 590. The fraction of sp³-hybridized carbons (Fsp3) is 0.308. The first-order valence-electron chi connectivity index (χ1n) is 6.13. The van der Waals surface area contributed by atoms with E-state index >= 15 is 0 Å². The molecule has 0 saturated heterocycles. The van der Waals surface area contributed by atoms with Crippen molar-refractivity contribution >= 4 is 11.6 Å². The Hall–Kier alpha value is -2.37. The summed E-state index contributed by atoms with van der Waals surface area (Å²) in [4.78, 5) is 16.3. The summed E-state index contributed by atoms with van der Waals surface area (Å²) in [5, 5.41) is 6.86. The van der Waals surface area contributed by atoms with Gasteiger partial charge in [-0.25, -0.2) is 0 Å². The van der Waals surface area contributed by atoms with Crippen molar-refractivity contribution in [2.24, 2.45) is 0 Å². The predicted octanol–water partition coefficient (Wildman–Crippen LogP) is 1.12. The van der Waals surface area contributed by atoms with Crippen LogP contribution in [-0.4, -0.2) is 20.7 Å². The van der Waals surface area contributed by atoms with Crippen molar-refractivity contribution in [1.29, 1.82) is 0 Å². The third-order valence-corrected chi connectivity index (χ3v) is 2.92. The van der Waals surface area contributed by atoms with Gasteiger partial charge in [-0.3, -0.25) is 14.5 Å². The van der Waals surface area contributed by atoms with Crippen molar-refractivity contribution in [3.8, 4) is 0 Å². The lowest BCUT2D eigenvalue weighted by Gasteiger charge is -2.08. The van der Waals surface area contributed by atoms with Gasteiger partial charge < -0.3 is 11.1 Å². The van der Waals surface area contributed by atoms with Crippen LogP contribution in [0.4, 0.5) is 5.69 Å². The molecule has 0 aliphatic rings. The Morgan fingerprint density at radius 2 is 2.32 bits per heavy atom. The summed E-state index contributed by atoms with van der Waals surface area (Å²) in [6, 6.07) is 3.82. The topological polar surface area (TPSA) is 85.8 Å². The number of hydrogen-bond donors (Lipinski definition) is 2. The molecule has 2 aromatic heterocycles. The van der Waals surface area contributed by atoms with E-state index in [0.29, 0.717) is 24.5 Å². The third-order valence-electron chi connectivity index (χ3n) is 2.92. The van der Waals surface area contributed by atoms with Crippen LogP contribution in [0.1, 0.15) is 28.7 Å². The average molecular weight is 259 g/mol. The van der Waals surface area contributed by atoms with Crippen LogP contribution in [0.3, 0.4) is 0 Å². The molecule has 0 aromatic carbocycles. The normalized spacial score (nSPS) is 10.4. The van der Waals surface area contributed by atoms with Gasteiger partial charge in [0, 0.05) is 12.7 Å². The zero-order valence-electron chi connectivity index (χ0n) is 11.1. The number of anilines is 1. The molecule has 0 saturated carbocycles. The third kappa shape index (κ3) is 2.73. The highest BCUT2D eigenvalue weighted by Gasteiger charge is 2.16. The number of nitrogen functional groups attached to an aromatic ring is 1. The maximum atomic E-state index is 12.1. The molecule has 0 aliphatic carbocycles. The monoisotopic (exact) mass is 259 g/mol. The second-order valence-corrected chi connectivity index (χ2v) is 4.21. The van der Waals surface area contributed by atoms with Crippen molar-refractivity contribution in [2.75, 3.05) is 5.73 Å². The molecule has 2 rings (SSSR count). The standard InChI is InChI=1S/C13H17N5O/c1-3-18-12(10(14)7-17-18)13(19)16-8-11-9(2)5-4-6-15-11/h4-7H,3,8,14H2,1-2H3,(H,16,19). The van der Waals surface area contributed by atoms with Crippen LogP contribution in [0.15, 0.2) is 24.5 Å². The van der Waals surface area contributed by atoms with E-state index in [9.17, 15) is 4.79 Å². The van der Waals surface area contributed by atoms with Crippen LogP contribution in [-0.2, 0) is 13.1 Å². The fourth-order valence-corrected chi connectivity index (χ4v) is 1.84. The number of amides is 1. The Labute approximate surface area is 111 Å². The van der Waals surface area contributed by atoms with Gasteiger partial charge in [-0.1, -0.05) is 6.07 Å². The van der Waals surface area contributed by atoms with Gasteiger partial charge in [0.1, 0.15) is 5.69 Å². The van der Waals surface area contributed by atoms with E-state index in [1.54, 1.807) is 10.9 Å². The zero-order valence-corrected chi connectivity index (χ0v) is 11.1. The van der Waals surface area contributed by atoms with E-state index in [4.69, 9.17) is 5.73 Å². The number of rotatable bonds is 4. The van der Waals surface area contributed by atoms with Crippen molar-refractivity contribution in [2.45, 2.75) is 26.9 Å². The van der Waals surface area contributed by atoms with Crippen LogP contribution < -0.4 is 11.1 Å². The molecule has 6 heteroatoms. The average Bonchev–Trinajstić information content (AvgIpc) is 2.78.